The normalized spacial score (nSPS) is 23.7. The van der Waals surface area contributed by atoms with Gasteiger partial charge in [-0.25, -0.2) is 37.4 Å². The molecule has 21 heteroatoms. The number of halogens is 3. The minimum atomic E-state index is -3.20. The van der Waals surface area contributed by atoms with Gasteiger partial charge in [0, 0.05) is 98.9 Å². The van der Waals surface area contributed by atoms with E-state index in [1.54, 1.807) is 37.3 Å². The number of methoxy groups -OCH3 is 1. The summed E-state index contributed by atoms with van der Waals surface area (Å²) in [5.41, 5.74) is 5.25. The van der Waals surface area contributed by atoms with E-state index >= 15 is 13.2 Å². The molecule has 364 valence electrons. The number of hydrogen-bond acceptors (Lipinski definition) is 13. The molecule has 7 aromatic rings. The van der Waals surface area contributed by atoms with Gasteiger partial charge in [-0.2, -0.15) is 20.6 Å². The smallest absolute Gasteiger partial charge is 0.329 e. The lowest BCUT2D eigenvalue weighted by molar-refractivity contribution is -0.120. The Balaban J connectivity index is 0.699. The summed E-state index contributed by atoms with van der Waals surface area (Å²) in [6.45, 7) is 2.59. The number of carbonyl (C=O) groups excluding carboxylic acids is 2. The first-order valence-corrected chi connectivity index (χ1v) is 24.1. The number of piperazine rings is 1. The molecule has 6 aromatic heterocycles. The van der Waals surface area contributed by atoms with Crippen molar-refractivity contribution in [2.75, 3.05) is 49.6 Å². The number of hydrogen-bond donors (Lipinski definition) is 1. The number of rotatable bonds is 10. The highest BCUT2D eigenvalue weighted by atomic mass is 19.3. The summed E-state index contributed by atoms with van der Waals surface area (Å²) in [7, 11) is 3.24. The molecule has 5 saturated heterocycles. The second kappa shape index (κ2) is 17.4. The number of nitriles is 1. The zero-order valence-corrected chi connectivity index (χ0v) is 39.1. The van der Waals surface area contributed by atoms with E-state index in [1.807, 2.05) is 46.4 Å². The van der Waals surface area contributed by atoms with Crippen molar-refractivity contribution < 1.29 is 27.5 Å². The minimum absolute atomic E-state index is 0.0541. The average molecular weight is 966 g/mol. The second-order valence-corrected chi connectivity index (χ2v) is 19.5. The highest BCUT2D eigenvalue weighted by Gasteiger charge is 2.49. The largest absolute Gasteiger partial charge is 0.481 e. The van der Waals surface area contributed by atoms with Crippen LogP contribution in [0.3, 0.4) is 0 Å². The van der Waals surface area contributed by atoms with E-state index in [9.17, 15) is 14.9 Å². The number of aromatic nitrogens is 9. The van der Waals surface area contributed by atoms with E-state index in [0.29, 0.717) is 70.7 Å². The Kier molecular flexibility index (Phi) is 11.0. The fraction of sp³-hybridized carbons (Fsp3) is 0.420. The first kappa shape index (κ1) is 44.7. The number of urea groups is 1. The zero-order valence-electron chi connectivity index (χ0n) is 39.1. The Labute approximate surface area is 405 Å². The molecule has 1 N–H and O–H groups in total. The molecule has 11 heterocycles. The summed E-state index contributed by atoms with van der Waals surface area (Å²) in [6.07, 6.45) is 15.0. The van der Waals surface area contributed by atoms with Crippen molar-refractivity contribution in [1.82, 2.24) is 59.2 Å². The Morgan fingerprint density at radius 2 is 1.72 bits per heavy atom. The molecule has 18 nitrogen and oxygen atoms in total. The molecule has 0 radical (unpaired) electrons. The first-order valence-electron chi connectivity index (χ1n) is 24.1. The number of nitrogens with zero attached hydrogens (tertiary/aromatic N) is 14. The van der Waals surface area contributed by atoms with Crippen molar-refractivity contribution in [3.8, 4) is 34.5 Å². The lowest BCUT2D eigenvalue weighted by atomic mass is 9.83. The Bertz CT molecular complexity index is 3240. The zero-order chi connectivity index (χ0) is 48.7. The second-order valence-electron chi connectivity index (χ2n) is 19.5. The molecule has 1 saturated carbocycles. The van der Waals surface area contributed by atoms with Crippen LogP contribution in [0, 0.1) is 17.1 Å². The van der Waals surface area contributed by atoms with Gasteiger partial charge in [0.05, 0.1) is 61.1 Å². The molecule has 71 heavy (non-hydrogen) atoms. The molecular formula is C50H50F3N15O3. The number of anilines is 2. The maximum absolute atomic E-state index is 16.2. The van der Waals surface area contributed by atoms with E-state index in [-0.39, 0.29) is 42.9 Å². The summed E-state index contributed by atoms with van der Waals surface area (Å²) in [5, 5.41) is 26.3. The lowest BCUT2D eigenvalue weighted by Crippen LogP contribution is -2.68. The molecule has 6 aliphatic rings. The molecule has 1 aliphatic carbocycles. The number of likely N-dealkylation sites (tertiary alicyclic amines) is 1. The number of imide groups is 1. The quantitative estimate of drug-likeness (QED) is 0.158. The average Bonchev–Trinajstić information content (AvgIpc) is 4.13. The fourth-order valence-corrected chi connectivity index (χ4v) is 11.6. The number of carbonyl (C=O) groups is 2. The highest BCUT2D eigenvalue weighted by molar-refractivity contribution is 6.09. The first-order chi connectivity index (χ1) is 34.4. The summed E-state index contributed by atoms with van der Waals surface area (Å²) in [4.78, 5) is 46.7. The third-order valence-corrected chi connectivity index (χ3v) is 15.4. The number of aryl methyl sites for hydroxylation is 1. The van der Waals surface area contributed by atoms with Crippen LogP contribution in [-0.4, -0.2) is 130 Å². The lowest BCUT2D eigenvalue weighted by Gasteiger charge is -2.56. The SMILES string of the molecule is COc1ccc(CN2C3CC2CN(c2ccc(-c4nc(-c5cnn([C@H]6CC[C@@H](N7CCC(c8cc9c(cc8F)c(N8CCC(=O)NC8=O)nn9C)C(F)(F)C7)CC6)c5)cn5ncc(C#N)c45)cn2)C3)cn1. The van der Waals surface area contributed by atoms with Gasteiger partial charge >= 0.3 is 6.03 Å². The number of benzene rings is 1. The monoisotopic (exact) mass is 965 g/mol. The van der Waals surface area contributed by atoms with Crippen molar-refractivity contribution in [2.24, 2.45) is 7.05 Å². The van der Waals surface area contributed by atoms with Gasteiger partial charge in [0.15, 0.2) is 5.82 Å². The van der Waals surface area contributed by atoms with Gasteiger partial charge in [-0.1, -0.05) is 6.07 Å². The van der Waals surface area contributed by atoms with Gasteiger partial charge < -0.3 is 9.64 Å². The van der Waals surface area contributed by atoms with Gasteiger partial charge in [-0.3, -0.25) is 34.2 Å². The highest BCUT2D eigenvalue weighted by Crippen LogP contribution is 2.45. The molecule has 5 aliphatic heterocycles. The molecule has 6 fully saturated rings. The van der Waals surface area contributed by atoms with Crippen molar-refractivity contribution in [2.45, 2.75) is 87.5 Å². The van der Waals surface area contributed by atoms with E-state index in [0.717, 1.165) is 61.4 Å². The topological polar surface area (TPSA) is 184 Å². The third kappa shape index (κ3) is 7.98. The molecule has 1 aromatic carbocycles. The number of piperidine rings is 2. The Morgan fingerprint density at radius 1 is 0.901 bits per heavy atom. The number of ether oxygens (including phenoxy) is 1. The van der Waals surface area contributed by atoms with Crippen molar-refractivity contribution in [3.63, 3.8) is 0 Å². The van der Waals surface area contributed by atoms with Gasteiger partial charge in [0.25, 0.3) is 5.92 Å². The summed E-state index contributed by atoms with van der Waals surface area (Å²) in [6, 6.07) is 13.1. The van der Waals surface area contributed by atoms with Crippen LogP contribution in [0.15, 0.2) is 73.6 Å². The standard InChI is InChI=1S/C50H50F3N15O3/c1-62-42-17-37(40(51)16-38(42)48(61-62)65-14-12-44(69)60-49(65)70)39-11-13-63(28-50(39,52)53)33-5-7-34(8-6-33)67-24-32(22-57-67)41-27-68-47(31(18-54)21-58-68)46(59-41)30-4-9-43(55-20-30)64-25-35-15-36(26-64)66(35)23-29-3-10-45(71-2)56-19-29/h3-4,9-10,16-17,19-22,24,27,33-36,39H,5-8,11-15,23,25-26,28H2,1-2H3,(H,60,69,70)/t33-,34+,35?,36?,39?. The number of fused-ring (bicyclic) bond motifs is 4. The molecule has 3 amide bonds. The van der Waals surface area contributed by atoms with Gasteiger partial charge in [0.1, 0.15) is 28.8 Å². The Morgan fingerprint density at radius 3 is 2.44 bits per heavy atom. The Hall–Kier alpha value is -7.44. The van der Waals surface area contributed by atoms with Crippen molar-refractivity contribution in [1.29, 1.82) is 5.26 Å². The maximum Gasteiger partial charge on any atom is 0.329 e. The number of amides is 3. The minimum Gasteiger partial charge on any atom is -0.481 e. The fourth-order valence-electron chi connectivity index (χ4n) is 11.6. The number of alkyl halides is 2. The van der Waals surface area contributed by atoms with E-state index in [1.165, 1.54) is 21.7 Å². The number of nitrogens with one attached hydrogen (secondary N) is 1. The summed E-state index contributed by atoms with van der Waals surface area (Å²) >= 11 is 0. The van der Waals surface area contributed by atoms with Crippen LogP contribution in [0.2, 0.25) is 0 Å². The van der Waals surface area contributed by atoms with Gasteiger partial charge in [0.2, 0.25) is 11.8 Å². The third-order valence-electron chi connectivity index (χ3n) is 15.4. The van der Waals surface area contributed by atoms with Crippen molar-refractivity contribution >= 4 is 40.0 Å². The van der Waals surface area contributed by atoms with Crippen LogP contribution in [-0.2, 0) is 18.4 Å². The van der Waals surface area contributed by atoms with Gasteiger partial charge in [-0.15, -0.1) is 0 Å². The van der Waals surface area contributed by atoms with Crippen LogP contribution in [0.25, 0.3) is 38.9 Å². The van der Waals surface area contributed by atoms with Crippen LogP contribution in [0.5, 0.6) is 5.88 Å². The van der Waals surface area contributed by atoms with Crippen LogP contribution < -0.4 is 19.9 Å². The summed E-state index contributed by atoms with van der Waals surface area (Å²) in [5.74, 6) is -4.04. The predicted octanol–water partition coefficient (Wildman–Crippen LogP) is 6.47. The molecular weight excluding hydrogens is 916 g/mol. The molecule has 3 atom stereocenters. The summed E-state index contributed by atoms with van der Waals surface area (Å²) < 4.78 is 58.6. The predicted molar refractivity (Wildman–Crippen MR) is 254 cm³/mol. The van der Waals surface area contributed by atoms with Crippen LogP contribution in [0.4, 0.5) is 29.6 Å². The van der Waals surface area contributed by atoms with E-state index < -0.39 is 36.1 Å². The molecule has 13 rings (SSSR count). The maximum atomic E-state index is 16.2. The van der Waals surface area contributed by atoms with E-state index in [2.05, 4.69) is 42.4 Å². The van der Waals surface area contributed by atoms with Crippen molar-refractivity contribution in [3.05, 3.63) is 96.1 Å². The molecule has 0 spiro atoms. The number of pyridine rings is 2. The van der Waals surface area contributed by atoms with Crippen LogP contribution >= 0.6 is 0 Å². The van der Waals surface area contributed by atoms with Gasteiger partial charge in [-0.05, 0) is 80.5 Å². The van der Waals surface area contributed by atoms with E-state index in [4.69, 9.17) is 19.8 Å². The molecule has 2 bridgehead atoms. The van der Waals surface area contributed by atoms with Crippen LogP contribution in [0.1, 0.15) is 73.6 Å². The molecule has 3 unspecified atom stereocenters.